The van der Waals surface area contributed by atoms with E-state index in [1.165, 1.54) is 12.1 Å². The molecule has 3 nitrogen and oxygen atoms in total. The van der Waals surface area contributed by atoms with E-state index in [0.29, 0.717) is 12.5 Å². The summed E-state index contributed by atoms with van der Waals surface area (Å²) in [4.78, 5) is 4.22. The standard InChI is InChI=1S/C13H17FN2O/c1-2-9(7-12-8-17-13(15)16-12)10-3-5-11(14)6-4-10/h3-6,9,12H,2,7-8H2,1H3,(H2,15,16). The molecule has 1 aromatic carbocycles. The van der Waals surface area contributed by atoms with E-state index >= 15 is 0 Å². The molecule has 0 saturated carbocycles. The van der Waals surface area contributed by atoms with Crippen molar-refractivity contribution in [3.8, 4) is 0 Å². The molecule has 2 atom stereocenters. The highest BCUT2D eigenvalue weighted by Gasteiger charge is 2.21. The van der Waals surface area contributed by atoms with Gasteiger partial charge in [-0.3, -0.25) is 0 Å². The van der Waals surface area contributed by atoms with Crippen LogP contribution >= 0.6 is 0 Å². The summed E-state index contributed by atoms with van der Waals surface area (Å²) in [6.07, 6.45) is 1.89. The molecule has 0 aliphatic carbocycles. The Balaban J connectivity index is 2.04. The van der Waals surface area contributed by atoms with Gasteiger partial charge in [0.05, 0.1) is 6.04 Å². The van der Waals surface area contributed by atoms with Crippen LogP contribution < -0.4 is 5.73 Å². The molecule has 0 amide bonds. The molecular formula is C13H17FN2O. The number of rotatable bonds is 4. The van der Waals surface area contributed by atoms with E-state index in [2.05, 4.69) is 11.9 Å². The van der Waals surface area contributed by atoms with Gasteiger partial charge in [0.25, 0.3) is 6.02 Å². The Labute approximate surface area is 100 Å². The Kier molecular flexibility index (Phi) is 3.61. The molecule has 0 fully saturated rings. The zero-order chi connectivity index (χ0) is 12.3. The Bertz CT molecular complexity index is 402. The zero-order valence-electron chi connectivity index (χ0n) is 9.90. The Morgan fingerprint density at radius 1 is 1.47 bits per heavy atom. The molecule has 2 unspecified atom stereocenters. The summed E-state index contributed by atoms with van der Waals surface area (Å²) in [7, 11) is 0. The first-order valence-electron chi connectivity index (χ1n) is 5.90. The second-order valence-electron chi connectivity index (χ2n) is 4.32. The lowest BCUT2D eigenvalue weighted by atomic mass is 9.90. The number of hydrogen-bond donors (Lipinski definition) is 1. The molecular weight excluding hydrogens is 219 g/mol. The Hall–Kier alpha value is -1.58. The lowest BCUT2D eigenvalue weighted by Crippen LogP contribution is -2.12. The largest absolute Gasteiger partial charge is 0.463 e. The van der Waals surface area contributed by atoms with Crippen molar-refractivity contribution in [1.82, 2.24) is 0 Å². The van der Waals surface area contributed by atoms with Crippen LogP contribution in [0.3, 0.4) is 0 Å². The van der Waals surface area contributed by atoms with Crippen molar-refractivity contribution in [1.29, 1.82) is 0 Å². The first-order valence-corrected chi connectivity index (χ1v) is 5.90. The van der Waals surface area contributed by atoms with Crippen LogP contribution in [-0.4, -0.2) is 18.7 Å². The monoisotopic (exact) mass is 236 g/mol. The highest BCUT2D eigenvalue weighted by Crippen LogP contribution is 2.27. The normalized spacial score (nSPS) is 20.8. The smallest absolute Gasteiger partial charge is 0.282 e. The van der Waals surface area contributed by atoms with Gasteiger partial charge in [-0.05, 0) is 36.5 Å². The number of aliphatic imine (C=N–C) groups is 1. The van der Waals surface area contributed by atoms with Crippen molar-refractivity contribution < 1.29 is 9.13 Å². The predicted molar refractivity (Wildman–Crippen MR) is 65.4 cm³/mol. The van der Waals surface area contributed by atoms with E-state index in [1.807, 2.05) is 12.1 Å². The molecule has 0 saturated heterocycles. The average Bonchev–Trinajstić information content (AvgIpc) is 2.73. The van der Waals surface area contributed by atoms with Crippen molar-refractivity contribution >= 4 is 6.02 Å². The number of ether oxygens (including phenoxy) is 1. The molecule has 1 aromatic rings. The third kappa shape index (κ3) is 2.96. The van der Waals surface area contributed by atoms with Gasteiger partial charge < -0.3 is 10.5 Å². The van der Waals surface area contributed by atoms with E-state index in [9.17, 15) is 4.39 Å². The Morgan fingerprint density at radius 3 is 2.71 bits per heavy atom. The summed E-state index contributed by atoms with van der Waals surface area (Å²) in [5.41, 5.74) is 6.63. The van der Waals surface area contributed by atoms with Crippen LogP contribution in [0.4, 0.5) is 4.39 Å². The van der Waals surface area contributed by atoms with E-state index in [-0.39, 0.29) is 17.9 Å². The first-order chi connectivity index (χ1) is 8.19. The molecule has 2 rings (SSSR count). The van der Waals surface area contributed by atoms with Crippen LogP contribution in [0.2, 0.25) is 0 Å². The number of halogens is 1. The average molecular weight is 236 g/mol. The fraction of sp³-hybridized carbons (Fsp3) is 0.462. The molecule has 0 spiro atoms. The SMILES string of the molecule is CCC(CC1COC(N)=N1)c1ccc(F)cc1. The maximum Gasteiger partial charge on any atom is 0.282 e. The molecule has 0 radical (unpaired) electrons. The van der Waals surface area contributed by atoms with Gasteiger partial charge in [-0.15, -0.1) is 0 Å². The quantitative estimate of drug-likeness (QED) is 0.872. The van der Waals surface area contributed by atoms with Crippen molar-refractivity contribution in [2.45, 2.75) is 31.7 Å². The number of nitrogens with two attached hydrogens (primary N) is 1. The van der Waals surface area contributed by atoms with E-state index in [1.54, 1.807) is 0 Å². The number of benzene rings is 1. The van der Waals surface area contributed by atoms with E-state index < -0.39 is 0 Å². The van der Waals surface area contributed by atoms with Gasteiger partial charge in [0.15, 0.2) is 0 Å². The van der Waals surface area contributed by atoms with Crippen LogP contribution in [0.25, 0.3) is 0 Å². The third-order valence-electron chi connectivity index (χ3n) is 3.12. The summed E-state index contributed by atoms with van der Waals surface area (Å²) in [5.74, 6) is 0.175. The molecule has 17 heavy (non-hydrogen) atoms. The Morgan fingerprint density at radius 2 is 2.18 bits per heavy atom. The van der Waals surface area contributed by atoms with Crippen LogP contribution in [-0.2, 0) is 4.74 Å². The fourth-order valence-electron chi connectivity index (χ4n) is 2.16. The summed E-state index contributed by atoms with van der Waals surface area (Å²) < 4.78 is 18.0. The van der Waals surface area contributed by atoms with Gasteiger partial charge in [-0.1, -0.05) is 19.1 Å². The molecule has 1 aliphatic rings. The van der Waals surface area contributed by atoms with Crippen LogP contribution in [0.5, 0.6) is 0 Å². The van der Waals surface area contributed by atoms with Gasteiger partial charge in [-0.2, -0.15) is 0 Å². The lowest BCUT2D eigenvalue weighted by molar-refractivity contribution is 0.301. The number of amidine groups is 1. The number of hydrogen-bond acceptors (Lipinski definition) is 3. The van der Waals surface area contributed by atoms with Crippen molar-refractivity contribution in [3.05, 3.63) is 35.6 Å². The molecule has 4 heteroatoms. The maximum absolute atomic E-state index is 12.9. The molecule has 0 bridgehead atoms. The zero-order valence-corrected chi connectivity index (χ0v) is 9.90. The summed E-state index contributed by atoms with van der Waals surface area (Å²) >= 11 is 0. The fourth-order valence-corrected chi connectivity index (χ4v) is 2.16. The third-order valence-corrected chi connectivity index (χ3v) is 3.12. The predicted octanol–water partition coefficient (Wildman–Crippen LogP) is 2.42. The van der Waals surface area contributed by atoms with Crippen LogP contribution in [0.1, 0.15) is 31.2 Å². The highest BCUT2D eigenvalue weighted by molar-refractivity contribution is 5.73. The minimum Gasteiger partial charge on any atom is -0.463 e. The minimum absolute atomic E-state index is 0.130. The van der Waals surface area contributed by atoms with Crippen molar-refractivity contribution in [2.24, 2.45) is 10.7 Å². The topological polar surface area (TPSA) is 47.6 Å². The second-order valence-corrected chi connectivity index (χ2v) is 4.32. The lowest BCUT2D eigenvalue weighted by Gasteiger charge is -2.17. The van der Waals surface area contributed by atoms with Crippen molar-refractivity contribution in [2.75, 3.05) is 6.61 Å². The summed E-state index contributed by atoms with van der Waals surface area (Å²) in [6, 6.07) is 7.09. The van der Waals surface area contributed by atoms with Gasteiger partial charge in [0.1, 0.15) is 12.4 Å². The van der Waals surface area contributed by atoms with Gasteiger partial charge >= 0.3 is 0 Å². The summed E-state index contributed by atoms with van der Waals surface area (Å²) in [5, 5.41) is 0. The molecule has 92 valence electrons. The van der Waals surface area contributed by atoms with Gasteiger partial charge in [0, 0.05) is 0 Å². The van der Waals surface area contributed by atoms with Crippen LogP contribution in [0.15, 0.2) is 29.3 Å². The molecule has 0 aromatic heterocycles. The summed E-state index contributed by atoms with van der Waals surface area (Å²) in [6.45, 7) is 2.68. The minimum atomic E-state index is -0.199. The van der Waals surface area contributed by atoms with Crippen molar-refractivity contribution in [3.63, 3.8) is 0 Å². The van der Waals surface area contributed by atoms with E-state index in [0.717, 1.165) is 18.4 Å². The molecule has 1 heterocycles. The molecule has 1 aliphatic heterocycles. The maximum atomic E-state index is 12.9. The van der Waals surface area contributed by atoms with Gasteiger partial charge in [0.2, 0.25) is 0 Å². The highest BCUT2D eigenvalue weighted by atomic mass is 19.1. The van der Waals surface area contributed by atoms with Crippen LogP contribution in [0, 0.1) is 5.82 Å². The second kappa shape index (κ2) is 5.17. The molecule has 2 N–H and O–H groups in total. The van der Waals surface area contributed by atoms with Gasteiger partial charge in [-0.25, -0.2) is 9.38 Å². The number of nitrogens with zero attached hydrogens (tertiary/aromatic N) is 1. The van der Waals surface area contributed by atoms with E-state index in [4.69, 9.17) is 10.5 Å². The first kappa shape index (κ1) is 11.9.